The van der Waals surface area contributed by atoms with Gasteiger partial charge in [-0.2, -0.15) is 0 Å². The third-order valence-corrected chi connectivity index (χ3v) is 5.30. The second-order valence-electron chi connectivity index (χ2n) is 5.16. The molecule has 2 rings (SSSR count). The molecule has 0 aromatic heterocycles. The van der Waals surface area contributed by atoms with E-state index in [0.29, 0.717) is 4.90 Å². The van der Waals surface area contributed by atoms with Crippen LogP contribution in [0, 0.1) is 20.8 Å². The molecule has 7 heteroatoms. The summed E-state index contributed by atoms with van der Waals surface area (Å²) in [6.45, 7) is 5.58. The number of rotatable bonds is 3. The van der Waals surface area contributed by atoms with E-state index in [4.69, 9.17) is 4.74 Å². The van der Waals surface area contributed by atoms with E-state index in [2.05, 4.69) is 12.6 Å². The molecule has 1 amide bonds. The zero-order valence-corrected chi connectivity index (χ0v) is 14.7. The van der Waals surface area contributed by atoms with E-state index >= 15 is 0 Å². The van der Waals surface area contributed by atoms with Crippen molar-refractivity contribution in [3.05, 3.63) is 53.1 Å². The van der Waals surface area contributed by atoms with E-state index in [9.17, 15) is 13.2 Å². The maximum Gasteiger partial charge on any atom is 0.426 e. The van der Waals surface area contributed by atoms with E-state index in [0.717, 1.165) is 16.7 Å². The highest BCUT2D eigenvalue weighted by Gasteiger charge is 2.19. The van der Waals surface area contributed by atoms with Gasteiger partial charge in [0.05, 0.1) is 9.79 Å². The van der Waals surface area contributed by atoms with Crippen LogP contribution in [0.2, 0.25) is 0 Å². The first-order chi connectivity index (χ1) is 10.7. The van der Waals surface area contributed by atoms with Crippen LogP contribution in [0.15, 0.2) is 46.2 Å². The number of amides is 1. The standard InChI is InChI=1S/C16H17NO4S2/c1-10-4-7-13(8-5-10)23(19,20)17-16(18)21-14-9-6-11(2)12(3)15(14)22/h4-9,22H,1-3H3,(H,17,18). The van der Waals surface area contributed by atoms with Gasteiger partial charge in [0.25, 0.3) is 10.0 Å². The summed E-state index contributed by atoms with van der Waals surface area (Å²) in [6, 6.07) is 9.48. The zero-order chi connectivity index (χ0) is 17.2. The Kier molecular flexibility index (Phi) is 5.01. The number of hydrogen-bond acceptors (Lipinski definition) is 5. The van der Waals surface area contributed by atoms with Crippen LogP contribution in [-0.2, 0) is 10.0 Å². The summed E-state index contributed by atoms with van der Waals surface area (Å²) < 4.78 is 31.2. The number of thiol groups is 1. The lowest BCUT2D eigenvalue weighted by Gasteiger charge is -2.11. The number of carbonyl (C=O) groups excluding carboxylic acids is 1. The average molecular weight is 351 g/mol. The SMILES string of the molecule is Cc1ccc(S(=O)(=O)NC(=O)Oc2ccc(C)c(C)c2S)cc1. The number of benzene rings is 2. The van der Waals surface area contributed by atoms with Crippen molar-refractivity contribution in [3.63, 3.8) is 0 Å². The van der Waals surface area contributed by atoms with Crippen molar-refractivity contribution in [2.45, 2.75) is 30.6 Å². The zero-order valence-electron chi connectivity index (χ0n) is 13.0. The minimum Gasteiger partial charge on any atom is -0.408 e. The lowest BCUT2D eigenvalue weighted by Crippen LogP contribution is -2.33. The van der Waals surface area contributed by atoms with Crippen LogP contribution >= 0.6 is 12.6 Å². The van der Waals surface area contributed by atoms with E-state index in [1.54, 1.807) is 24.3 Å². The Morgan fingerprint density at radius 2 is 1.65 bits per heavy atom. The van der Waals surface area contributed by atoms with Crippen molar-refractivity contribution in [2.75, 3.05) is 0 Å². The van der Waals surface area contributed by atoms with Crippen LogP contribution in [0.5, 0.6) is 5.75 Å². The summed E-state index contributed by atoms with van der Waals surface area (Å²) in [4.78, 5) is 12.4. The first-order valence-corrected chi connectivity index (χ1v) is 8.74. The Labute approximate surface area is 141 Å². The molecule has 0 bridgehead atoms. The number of aryl methyl sites for hydroxylation is 2. The molecule has 0 saturated carbocycles. The smallest absolute Gasteiger partial charge is 0.408 e. The molecular formula is C16H17NO4S2. The van der Waals surface area contributed by atoms with Gasteiger partial charge in [-0.05, 0) is 50.1 Å². The van der Waals surface area contributed by atoms with E-state index in [1.165, 1.54) is 12.1 Å². The average Bonchev–Trinajstić information content (AvgIpc) is 2.48. The highest BCUT2D eigenvalue weighted by atomic mass is 32.2. The number of ether oxygens (including phenoxy) is 1. The molecule has 0 aliphatic rings. The number of carbonyl (C=O) groups is 1. The number of hydrogen-bond donors (Lipinski definition) is 2. The van der Waals surface area contributed by atoms with Gasteiger partial charge >= 0.3 is 6.09 Å². The van der Waals surface area contributed by atoms with Gasteiger partial charge in [-0.1, -0.05) is 23.8 Å². The Morgan fingerprint density at radius 1 is 1.04 bits per heavy atom. The van der Waals surface area contributed by atoms with Crippen molar-refractivity contribution in [3.8, 4) is 5.75 Å². The molecule has 1 N–H and O–H groups in total. The molecule has 5 nitrogen and oxygen atoms in total. The van der Waals surface area contributed by atoms with Crippen molar-refractivity contribution < 1.29 is 17.9 Å². The van der Waals surface area contributed by atoms with Gasteiger partial charge in [-0.3, -0.25) is 0 Å². The molecule has 0 fully saturated rings. The topological polar surface area (TPSA) is 72.5 Å². The second kappa shape index (κ2) is 6.64. The molecule has 2 aromatic rings. The molecule has 23 heavy (non-hydrogen) atoms. The fraction of sp³-hybridized carbons (Fsp3) is 0.188. The Balaban J connectivity index is 2.16. The lowest BCUT2D eigenvalue weighted by atomic mass is 10.1. The van der Waals surface area contributed by atoms with Crippen LogP contribution in [-0.4, -0.2) is 14.5 Å². The van der Waals surface area contributed by atoms with E-state index in [-0.39, 0.29) is 10.6 Å². The highest BCUT2D eigenvalue weighted by molar-refractivity contribution is 7.90. The molecule has 0 saturated heterocycles. The molecule has 0 unspecified atom stereocenters. The first-order valence-electron chi connectivity index (χ1n) is 6.81. The van der Waals surface area contributed by atoms with Gasteiger partial charge < -0.3 is 4.74 Å². The summed E-state index contributed by atoms with van der Waals surface area (Å²) in [6.07, 6.45) is -1.08. The summed E-state index contributed by atoms with van der Waals surface area (Å²) in [5.74, 6) is 0.202. The lowest BCUT2D eigenvalue weighted by molar-refractivity contribution is 0.205. The normalized spacial score (nSPS) is 11.1. The first kappa shape index (κ1) is 17.4. The molecular weight excluding hydrogens is 334 g/mol. The molecule has 0 atom stereocenters. The fourth-order valence-corrected chi connectivity index (χ4v) is 3.04. The van der Waals surface area contributed by atoms with Crippen LogP contribution in [0.4, 0.5) is 4.79 Å². The van der Waals surface area contributed by atoms with Crippen molar-refractivity contribution in [1.29, 1.82) is 0 Å². The summed E-state index contributed by atoms with van der Waals surface area (Å²) in [5.41, 5.74) is 2.77. The quantitative estimate of drug-likeness (QED) is 0.832. The van der Waals surface area contributed by atoms with Crippen LogP contribution in [0.25, 0.3) is 0 Å². The van der Waals surface area contributed by atoms with E-state index < -0.39 is 16.1 Å². The highest BCUT2D eigenvalue weighted by Crippen LogP contribution is 2.28. The van der Waals surface area contributed by atoms with Crippen molar-refractivity contribution in [2.24, 2.45) is 0 Å². The largest absolute Gasteiger partial charge is 0.426 e. The van der Waals surface area contributed by atoms with Gasteiger partial charge in [0.2, 0.25) is 0 Å². The third-order valence-electron chi connectivity index (χ3n) is 3.42. The molecule has 0 spiro atoms. The maximum atomic E-state index is 12.1. The summed E-state index contributed by atoms with van der Waals surface area (Å²) in [5, 5.41) is 0. The van der Waals surface area contributed by atoms with Gasteiger partial charge in [-0.15, -0.1) is 12.6 Å². The molecule has 0 radical (unpaired) electrons. The summed E-state index contributed by atoms with van der Waals surface area (Å²) in [7, 11) is -3.98. The van der Waals surface area contributed by atoms with Crippen LogP contribution in [0.3, 0.4) is 0 Å². The van der Waals surface area contributed by atoms with Crippen LogP contribution in [0.1, 0.15) is 16.7 Å². The maximum absolute atomic E-state index is 12.1. The van der Waals surface area contributed by atoms with Crippen LogP contribution < -0.4 is 9.46 Å². The number of nitrogens with one attached hydrogen (secondary N) is 1. The van der Waals surface area contributed by atoms with E-state index in [1.807, 2.05) is 25.5 Å². The predicted octanol–water partition coefficient (Wildman–Crippen LogP) is 3.38. The Hall–Kier alpha value is -1.99. The number of sulfonamides is 1. The fourth-order valence-electron chi connectivity index (χ4n) is 1.87. The molecule has 2 aromatic carbocycles. The van der Waals surface area contributed by atoms with Crippen molar-refractivity contribution in [1.82, 2.24) is 4.72 Å². The summed E-state index contributed by atoms with van der Waals surface area (Å²) >= 11 is 4.29. The van der Waals surface area contributed by atoms with Crippen molar-refractivity contribution >= 4 is 28.7 Å². The molecule has 0 aliphatic carbocycles. The molecule has 122 valence electrons. The molecule has 0 aliphatic heterocycles. The minimum atomic E-state index is -3.98. The predicted molar refractivity (Wildman–Crippen MR) is 90.7 cm³/mol. The molecule has 0 heterocycles. The monoisotopic (exact) mass is 351 g/mol. The third kappa shape index (κ3) is 4.05. The van der Waals surface area contributed by atoms with Gasteiger partial charge in [0.1, 0.15) is 5.75 Å². The van der Waals surface area contributed by atoms with Gasteiger partial charge in [0.15, 0.2) is 0 Å². The van der Waals surface area contributed by atoms with Gasteiger partial charge in [0, 0.05) is 0 Å². The minimum absolute atomic E-state index is 0.00812. The Morgan fingerprint density at radius 3 is 2.26 bits per heavy atom. The Bertz CT molecular complexity index is 843. The van der Waals surface area contributed by atoms with Gasteiger partial charge in [-0.25, -0.2) is 17.9 Å². The second-order valence-corrected chi connectivity index (χ2v) is 7.29.